The average Bonchev–Trinajstić information content (AvgIpc) is 3.22. The monoisotopic (exact) mass is 536 g/mol. The van der Waals surface area contributed by atoms with Gasteiger partial charge in [0.1, 0.15) is 12.4 Å². The van der Waals surface area contributed by atoms with Crippen molar-refractivity contribution in [2.24, 2.45) is 10.9 Å². The van der Waals surface area contributed by atoms with E-state index >= 15 is 0 Å². The standard InChI is InChI=1S/C28H32F4N2O4/c1-4-33-25(37-9-8-27(3,36)17-35)7-5-6-19-12-22(24(29)14-23(19)28(30,31)32)16-38-26-13-20-10-18(2)11-21(20)15-34-26/h4-7,12-15,18,35-36H,8-11,16-17H2,1-3H3/b6-5+,25-7+,33-4?. The van der Waals surface area contributed by atoms with E-state index in [2.05, 4.69) is 16.9 Å². The maximum absolute atomic E-state index is 14.6. The van der Waals surface area contributed by atoms with E-state index in [0.29, 0.717) is 12.0 Å². The van der Waals surface area contributed by atoms with Crippen LogP contribution in [0.1, 0.15) is 55.0 Å². The highest BCUT2D eigenvalue weighted by Gasteiger charge is 2.34. The van der Waals surface area contributed by atoms with E-state index in [-0.39, 0.29) is 42.5 Å². The third-order valence-corrected chi connectivity index (χ3v) is 6.10. The second-order valence-electron chi connectivity index (χ2n) is 9.63. The number of halogens is 4. The lowest BCUT2D eigenvalue weighted by atomic mass is 10.0. The Kier molecular flexibility index (Phi) is 9.67. The third-order valence-electron chi connectivity index (χ3n) is 6.10. The number of nitrogens with zero attached hydrogens (tertiary/aromatic N) is 2. The Balaban J connectivity index is 1.79. The predicted molar refractivity (Wildman–Crippen MR) is 136 cm³/mol. The maximum atomic E-state index is 14.6. The molecule has 1 aliphatic rings. The molecule has 0 spiro atoms. The van der Waals surface area contributed by atoms with Crippen molar-refractivity contribution in [1.82, 2.24) is 4.98 Å². The molecule has 0 aliphatic heterocycles. The van der Waals surface area contributed by atoms with Crippen molar-refractivity contribution >= 4 is 12.3 Å². The van der Waals surface area contributed by atoms with Gasteiger partial charge < -0.3 is 19.7 Å². The van der Waals surface area contributed by atoms with E-state index in [1.54, 1.807) is 19.2 Å². The van der Waals surface area contributed by atoms with Crippen LogP contribution in [0.25, 0.3) is 6.08 Å². The van der Waals surface area contributed by atoms with Crippen molar-refractivity contribution in [3.8, 4) is 5.88 Å². The van der Waals surface area contributed by atoms with Crippen LogP contribution in [0.4, 0.5) is 17.6 Å². The van der Waals surface area contributed by atoms with Crippen LogP contribution in [0.15, 0.2) is 47.4 Å². The fourth-order valence-electron chi connectivity index (χ4n) is 4.01. The number of rotatable bonds is 11. The van der Waals surface area contributed by atoms with Crippen molar-refractivity contribution < 1.29 is 37.2 Å². The van der Waals surface area contributed by atoms with Crippen LogP contribution in [0, 0.1) is 11.7 Å². The first kappa shape index (κ1) is 29.3. The zero-order valence-corrected chi connectivity index (χ0v) is 21.6. The molecule has 0 saturated heterocycles. The van der Waals surface area contributed by atoms with Crippen LogP contribution < -0.4 is 4.74 Å². The van der Waals surface area contributed by atoms with E-state index in [4.69, 9.17) is 14.6 Å². The second-order valence-corrected chi connectivity index (χ2v) is 9.63. The Bertz CT molecular complexity index is 1210. The lowest BCUT2D eigenvalue weighted by Gasteiger charge is -2.19. The SMILES string of the molecule is CC=N/C(=C\C=C\c1cc(COc2cc3c(cn2)CC(C)C3)c(F)cc1C(F)(F)F)OCCC(C)(O)CO. The van der Waals surface area contributed by atoms with Gasteiger partial charge in [-0.3, -0.25) is 0 Å². The fourth-order valence-corrected chi connectivity index (χ4v) is 4.01. The molecule has 206 valence electrons. The summed E-state index contributed by atoms with van der Waals surface area (Å²) in [5.74, 6) is -0.150. The van der Waals surface area contributed by atoms with Gasteiger partial charge in [0, 0.05) is 36.5 Å². The lowest BCUT2D eigenvalue weighted by Crippen LogP contribution is -2.30. The Morgan fingerprint density at radius 3 is 2.63 bits per heavy atom. The van der Waals surface area contributed by atoms with Gasteiger partial charge in [-0.25, -0.2) is 14.4 Å². The molecular weight excluding hydrogens is 504 g/mol. The molecule has 0 bridgehead atoms. The Hall–Kier alpha value is -3.24. The first-order valence-electron chi connectivity index (χ1n) is 12.2. The first-order valence-corrected chi connectivity index (χ1v) is 12.2. The van der Waals surface area contributed by atoms with Crippen LogP contribution in [0.5, 0.6) is 5.88 Å². The van der Waals surface area contributed by atoms with Gasteiger partial charge >= 0.3 is 6.18 Å². The van der Waals surface area contributed by atoms with Gasteiger partial charge in [-0.05, 0) is 61.4 Å². The molecule has 1 aromatic carbocycles. The maximum Gasteiger partial charge on any atom is 0.417 e. The predicted octanol–water partition coefficient (Wildman–Crippen LogP) is 5.65. The minimum Gasteiger partial charge on any atom is -0.478 e. The number of pyridine rings is 1. The molecular formula is C28H32F4N2O4. The minimum absolute atomic E-state index is 0.0199. The Labute approximate surface area is 219 Å². The molecule has 2 unspecified atom stereocenters. The molecule has 38 heavy (non-hydrogen) atoms. The van der Waals surface area contributed by atoms with E-state index < -0.39 is 29.8 Å². The van der Waals surface area contributed by atoms with Crippen molar-refractivity contribution in [1.29, 1.82) is 0 Å². The highest BCUT2D eigenvalue weighted by Crippen LogP contribution is 2.35. The molecule has 1 heterocycles. The normalized spacial score (nSPS) is 17.7. The molecule has 6 nitrogen and oxygen atoms in total. The van der Waals surface area contributed by atoms with E-state index in [1.165, 1.54) is 31.4 Å². The highest BCUT2D eigenvalue weighted by molar-refractivity contribution is 5.58. The second kappa shape index (κ2) is 12.5. The summed E-state index contributed by atoms with van der Waals surface area (Å²) in [6.45, 7) is 4.49. The third kappa shape index (κ3) is 8.13. The number of aliphatic hydroxyl groups is 2. The summed E-state index contributed by atoms with van der Waals surface area (Å²) >= 11 is 0. The first-order chi connectivity index (χ1) is 17.9. The molecule has 10 heteroatoms. The number of alkyl halides is 3. The molecule has 0 saturated carbocycles. The van der Waals surface area contributed by atoms with Gasteiger partial charge in [0.05, 0.1) is 24.4 Å². The van der Waals surface area contributed by atoms with Crippen LogP contribution in [0.3, 0.4) is 0 Å². The number of hydrogen-bond donors (Lipinski definition) is 2. The number of aliphatic imine (C=N–C) groups is 1. The number of fused-ring (bicyclic) bond motifs is 1. The molecule has 1 aromatic heterocycles. The average molecular weight is 537 g/mol. The van der Waals surface area contributed by atoms with Gasteiger partial charge in [-0.2, -0.15) is 13.2 Å². The van der Waals surface area contributed by atoms with Crippen molar-refractivity contribution in [3.63, 3.8) is 0 Å². The number of allylic oxidation sites excluding steroid dienone is 2. The molecule has 0 amide bonds. The Morgan fingerprint density at radius 2 is 1.95 bits per heavy atom. The fraction of sp³-hybridized carbons (Fsp3) is 0.429. The minimum atomic E-state index is -4.78. The van der Waals surface area contributed by atoms with Crippen molar-refractivity contribution in [2.45, 2.75) is 58.4 Å². The van der Waals surface area contributed by atoms with Gasteiger partial charge in [0.25, 0.3) is 0 Å². The van der Waals surface area contributed by atoms with Crippen molar-refractivity contribution in [2.75, 3.05) is 13.2 Å². The molecule has 2 aromatic rings. The van der Waals surface area contributed by atoms with E-state index in [9.17, 15) is 22.7 Å². The quantitative estimate of drug-likeness (QED) is 0.168. The van der Waals surface area contributed by atoms with Gasteiger partial charge in [-0.1, -0.05) is 19.1 Å². The Morgan fingerprint density at radius 1 is 1.21 bits per heavy atom. The largest absolute Gasteiger partial charge is 0.478 e. The molecule has 0 fully saturated rings. The summed E-state index contributed by atoms with van der Waals surface area (Å²) in [4.78, 5) is 8.24. The van der Waals surface area contributed by atoms with Crippen LogP contribution in [0.2, 0.25) is 0 Å². The van der Waals surface area contributed by atoms with Crippen LogP contribution >= 0.6 is 0 Å². The summed E-state index contributed by atoms with van der Waals surface area (Å²) in [7, 11) is 0. The summed E-state index contributed by atoms with van der Waals surface area (Å²) in [6, 6.07) is 3.35. The summed E-state index contributed by atoms with van der Waals surface area (Å²) < 4.78 is 66.6. The number of ether oxygens (including phenoxy) is 2. The van der Waals surface area contributed by atoms with Crippen LogP contribution in [-0.2, 0) is 30.4 Å². The molecule has 2 N–H and O–H groups in total. The highest BCUT2D eigenvalue weighted by atomic mass is 19.4. The topological polar surface area (TPSA) is 84.2 Å². The molecule has 3 rings (SSSR count). The smallest absolute Gasteiger partial charge is 0.417 e. The number of aliphatic hydroxyl groups excluding tert-OH is 1. The molecule has 0 radical (unpaired) electrons. The van der Waals surface area contributed by atoms with Gasteiger partial charge in [0.15, 0.2) is 0 Å². The van der Waals surface area contributed by atoms with Crippen molar-refractivity contribution in [3.05, 3.63) is 76.1 Å². The molecule has 1 aliphatic carbocycles. The molecule has 2 atom stereocenters. The summed E-state index contributed by atoms with van der Waals surface area (Å²) in [5, 5.41) is 19.0. The number of aromatic nitrogens is 1. The zero-order valence-electron chi connectivity index (χ0n) is 21.6. The van der Waals surface area contributed by atoms with Crippen LogP contribution in [-0.4, -0.2) is 40.2 Å². The van der Waals surface area contributed by atoms with E-state index in [1.807, 2.05) is 0 Å². The van der Waals surface area contributed by atoms with Gasteiger partial charge in [0.2, 0.25) is 11.8 Å². The number of benzene rings is 1. The van der Waals surface area contributed by atoms with E-state index in [0.717, 1.165) is 30.0 Å². The zero-order chi connectivity index (χ0) is 27.9. The number of hydrogen-bond acceptors (Lipinski definition) is 6. The summed E-state index contributed by atoms with van der Waals surface area (Å²) in [5.41, 5.74) is -0.523. The lowest BCUT2D eigenvalue weighted by molar-refractivity contribution is -0.137. The summed E-state index contributed by atoms with van der Waals surface area (Å²) in [6.07, 6.45) is 4.15. The van der Waals surface area contributed by atoms with Gasteiger partial charge in [-0.15, -0.1) is 0 Å².